The van der Waals surface area contributed by atoms with E-state index >= 15 is 0 Å². The molecule has 1 aliphatic heterocycles. The van der Waals surface area contributed by atoms with Crippen LogP contribution in [0.25, 0.3) is 0 Å². The molecule has 0 spiro atoms. The number of hydrogen-bond acceptors (Lipinski definition) is 6. The molecule has 0 radical (unpaired) electrons. The largest absolute Gasteiger partial charge is 0.508 e. The molecule has 1 heterocycles. The van der Waals surface area contributed by atoms with Gasteiger partial charge in [-0.1, -0.05) is 24.3 Å². The molecule has 9 nitrogen and oxygen atoms in total. The van der Waals surface area contributed by atoms with Gasteiger partial charge in [0.1, 0.15) is 5.75 Å². The van der Waals surface area contributed by atoms with E-state index in [2.05, 4.69) is 16.0 Å². The molecule has 3 rings (SSSR count). The molecule has 4 N–H and O–H groups in total. The zero-order valence-corrected chi connectivity index (χ0v) is 17.6. The summed E-state index contributed by atoms with van der Waals surface area (Å²) < 4.78 is 4.83. The fourth-order valence-electron chi connectivity index (χ4n) is 3.49. The number of imide groups is 1. The van der Waals surface area contributed by atoms with Crippen molar-refractivity contribution in [3.63, 3.8) is 0 Å². The minimum atomic E-state index is -0.585. The number of hydrogen-bond donors (Lipinski definition) is 4. The molecule has 2 atom stereocenters. The number of benzene rings is 2. The van der Waals surface area contributed by atoms with E-state index in [1.54, 1.807) is 36.4 Å². The molecule has 1 fully saturated rings. The summed E-state index contributed by atoms with van der Waals surface area (Å²) in [5.74, 6) is -1.79. The first kappa shape index (κ1) is 22.8. The van der Waals surface area contributed by atoms with Gasteiger partial charge in [-0.2, -0.15) is 0 Å². The Morgan fingerprint density at radius 3 is 2.34 bits per heavy atom. The SMILES string of the molecule is COC(=O)[C@H](CNC(=O)Nc1ccc(C[C@@H]2CC(=O)NC2=O)cc1)Cc1ccc(O)cc1. The lowest BCUT2D eigenvalue weighted by Gasteiger charge is -2.16. The van der Waals surface area contributed by atoms with E-state index < -0.39 is 17.9 Å². The second-order valence-electron chi connectivity index (χ2n) is 7.64. The lowest BCUT2D eigenvalue weighted by molar-refractivity contribution is -0.145. The molecule has 32 heavy (non-hydrogen) atoms. The van der Waals surface area contributed by atoms with E-state index in [4.69, 9.17) is 4.74 Å². The summed E-state index contributed by atoms with van der Waals surface area (Å²) in [7, 11) is 1.29. The maximum absolute atomic E-state index is 12.3. The highest BCUT2D eigenvalue weighted by atomic mass is 16.5. The van der Waals surface area contributed by atoms with Crippen LogP contribution in [0.3, 0.4) is 0 Å². The number of nitrogens with one attached hydrogen (secondary N) is 3. The van der Waals surface area contributed by atoms with Crippen LogP contribution < -0.4 is 16.0 Å². The Morgan fingerprint density at radius 2 is 1.75 bits per heavy atom. The van der Waals surface area contributed by atoms with Crippen LogP contribution in [0.4, 0.5) is 10.5 Å². The molecule has 0 aliphatic carbocycles. The van der Waals surface area contributed by atoms with Crippen molar-refractivity contribution < 1.29 is 29.0 Å². The Morgan fingerprint density at radius 1 is 1.09 bits per heavy atom. The normalized spacial score (nSPS) is 16.2. The number of urea groups is 1. The first-order valence-corrected chi connectivity index (χ1v) is 10.2. The van der Waals surface area contributed by atoms with Crippen LogP contribution in [0.5, 0.6) is 5.75 Å². The van der Waals surface area contributed by atoms with Gasteiger partial charge in [-0.3, -0.25) is 19.7 Å². The summed E-state index contributed by atoms with van der Waals surface area (Å²) in [6, 6.07) is 13.0. The Labute approximate surface area is 185 Å². The molecule has 168 valence electrons. The van der Waals surface area contributed by atoms with Crippen LogP contribution in [-0.4, -0.2) is 42.6 Å². The molecule has 2 aromatic rings. The molecule has 0 unspecified atom stereocenters. The molecule has 9 heteroatoms. The van der Waals surface area contributed by atoms with E-state index in [1.807, 2.05) is 0 Å². The van der Waals surface area contributed by atoms with Gasteiger partial charge in [0.15, 0.2) is 0 Å². The lowest BCUT2D eigenvalue weighted by atomic mass is 9.98. The molecule has 0 saturated carbocycles. The Bertz CT molecular complexity index is 988. The van der Waals surface area contributed by atoms with Gasteiger partial charge in [0, 0.05) is 18.7 Å². The fourth-order valence-corrected chi connectivity index (χ4v) is 3.49. The van der Waals surface area contributed by atoms with Gasteiger partial charge in [0.05, 0.1) is 18.9 Å². The summed E-state index contributed by atoms with van der Waals surface area (Å²) in [5, 5.41) is 17.0. The molecular weight excluding hydrogens is 414 g/mol. The third-order valence-corrected chi connectivity index (χ3v) is 5.22. The number of carbonyl (C=O) groups excluding carboxylic acids is 4. The first-order valence-electron chi connectivity index (χ1n) is 10.2. The van der Waals surface area contributed by atoms with Crippen molar-refractivity contribution in [1.29, 1.82) is 0 Å². The number of ether oxygens (including phenoxy) is 1. The van der Waals surface area contributed by atoms with Gasteiger partial charge in [-0.05, 0) is 48.2 Å². The predicted octanol–water partition coefficient (Wildman–Crippen LogP) is 1.75. The number of anilines is 1. The predicted molar refractivity (Wildman–Crippen MR) is 116 cm³/mol. The van der Waals surface area contributed by atoms with Gasteiger partial charge < -0.3 is 20.5 Å². The van der Waals surface area contributed by atoms with E-state index in [0.29, 0.717) is 18.5 Å². The number of carbonyl (C=O) groups is 4. The van der Waals surface area contributed by atoms with Crippen LogP contribution in [0, 0.1) is 11.8 Å². The van der Waals surface area contributed by atoms with E-state index in [0.717, 1.165) is 11.1 Å². The fraction of sp³-hybridized carbons (Fsp3) is 0.304. The van der Waals surface area contributed by atoms with Gasteiger partial charge in [-0.25, -0.2) is 4.79 Å². The first-order chi connectivity index (χ1) is 15.3. The zero-order valence-electron chi connectivity index (χ0n) is 17.6. The maximum Gasteiger partial charge on any atom is 0.319 e. The van der Waals surface area contributed by atoms with Crippen LogP contribution >= 0.6 is 0 Å². The highest BCUT2D eigenvalue weighted by Gasteiger charge is 2.30. The Kier molecular flexibility index (Phi) is 7.43. The molecule has 0 aromatic heterocycles. The van der Waals surface area contributed by atoms with Gasteiger partial charge in [0.25, 0.3) is 0 Å². The van der Waals surface area contributed by atoms with Gasteiger partial charge in [-0.15, -0.1) is 0 Å². The van der Waals surface area contributed by atoms with Gasteiger partial charge >= 0.3 is 12.0 Å². The number of aromatic hydroxyl groups is 1. The minimum absolute atomic E-state index is 0.0717. The number of phenols is 1. The van der Waals surface area contributed by atoms with Crippen LogP contribution in [-0.2, 0) is 32.0 Å². The number of amides is 4. The Hall–Kier alpha value is -3.88. The average Bonchev–Trinajstić information content (AvgIpc) is 3.09. The van der Waals surface area contributed by atoms with Crippen LogP contribution in [0.15, 0.2) is 48.5 Å². The third kappa shape index (κ3) is 6.31. The van der Waals surface area contributed by atoms with Crippen molar-refractivity contribution in [2.24, 2.45) is 11.8 Å². The van der Waals surface area contributed by atoms with Crippen LogP contribution in [0.2, 0.25) is 0 Å². The second kappa shape index (κ2) is 10.4. The number of methoxy groups -OCH3 is 1. The minimum Gasteiger partial charge on any atom is -0.508 e. The van der Waals surface area contributed by atoms with Crippen molar-refractivity contribution >= 4 is 29.5 Å². The molecule has 1 aliphatic rings. The topological polar surface area (TPSA) is 134 Å². The quantitative estimate of drug-likeness (QED) is 0.366. The van der Waals surface area contributed by atoms with Crippen molar-refractivity contribution in [1.82, 2.24) is 10.6 Å². The number of rotatable bonds is 8. The average molecular weight is 439 g/mol. The zero-order chi connectivity index (χ0) is 23.1. The maximum atomic E-state index is 12.3. The molecule has 4 amide bonds. The van der Waals surface area contributed by atoms with Crippen molar-refractivity contribution in [2.45, 2.75) is 19.3 Å². The lowest BCUT2D eigenvalue weighted by Crippen LogP contribution is -2.37. The van der Waals surface area contributed by atoms with Crippen molar-refractivity contribution in [3.05, 3.63) is 59.7 Å². The summed E-state index contributed by atoms with van der Waals surface area (Å²) in [6.45, 7) is 0.0717. The third-order valence-electron chi connectivity index (χ3n) is 5.22. The second-order valence-corrected chi connectivity index (χ2v) is 7.64. The molecular formula is C23H25N3O6. The standard InChI is InChI=1S/C23H25N3O6/c1-32-22(30)17(11-15-4-8-19(27)9-5-15)13-24-23(31)25-18-6-2-14(3-7-18)10-16-12-20(28)26-21(16)29/h2-9,16-17,27H,10-13H2,1H3,(H2,24,25,31)(H,26,28,29)/t16-,17+/m1/s1. The summed E-state index contributed by atoms with van der Waals surface area (Å²) in [5.41, 5.74) is 2.26. The van der Waals surface area contributed by atoms with Crippen molar-refractivity contribution in [3.8, 4) is 5.75 Å². The van der Waals surface area contributed by atoms with Crippen LogP contribution in [0.1, 0.15) is 17.5 Å². The molecule has 0 bridgehead atoms. The number of esters is 1. The summed E-state index contributed by atoms with van der Waals surface area (Å²) in [4.78, 5) is 47.3. The van der Waals surface area contributed by atoms with Crippen molar-refractivity contribution in [2.75, 3.05) is 19.0 Å². The molecule has 1 saturated heterocycles. The Balaban J connectivity index is 1.51. The highest BCUT2D eigenvalue weighted by molar-refractivity contribution is 6.03. The summed E-state index contributed by atoms with van der Waals surface area (Å²) in [6.07, 6.45) is 0.980. The van der Waals surface area contributed by atoms with E-state index in [1.165, 1.54) is 19.2 Å². The number of phenolic OH excluding ortho intramolecular Hbond substituents is 1. The summed E-state index contributed by atoms with van der Waals surface area (Å²) >= 11 is 0. The van der Waals surface area contributed by atoms with E-state index in [9.17, 15) is 24.3 Å². The smallest absolute Gasteiger partial charge is 0.319 e. The molecule has 2 aromatic carbocycles. The monoisotopic (exact) mass is 439 g/mol. The van der Waals surface area contributed by atoms with E-state index in [-0.39, 0.29) is 36.4 Å². The highest BCUT2D eigenvalue weighted by Crippen LogP contribution is 2.19. The van der Waals surface area contributed by atoms with Gasteiger partial charge in [0.2, 0.25) is 11.8 Å².